The molecule has 0 amide bonds. The van der Waals surface area contributed by atoms with Crippen molar-refractivity contribution in [1.82, 2.24) is 4.98 Å². The lowest BCUT2D eigenvalue weighted by Gasteiger charge is -2.05. The largest absolute Gasteiger partial charge is 0.478 e. The smallest absolute Gasteiger partial charge is 0.337 e. The summed E-state index contributed by atoms with van der Waals surface area (Å²) in [6.45, 7) is 0. The zero-order chi connectivity index (χ0) is 13.0. The van der Waals surface area contributed by atoms with E-state index in [2.05, 4.69) is 4.98 Å². The highest BCUT2D eigenvalue weighted by Crippen LogP contribution is 2.30. The quantitative estimate of drug-likeness (QED) is 0.867. The Morgan fingerprint density at radius 1 is 1.28 bits per heavy atom. The third-order valence-electron chi connectivity index (χ3n) is 2.31. The molecule has 1 heterocycles. The summed E-state index contributed by atoms with van der Waals surface area (Å²) < 4.78 is 0. The van der Waals surface area contributed by atoms with Gasteiger partial charge >= 0.3 is 5.97 Å². The molecule has 0 aliphatic rings. The van der Waals surface area contributed by atoms with Crippen molar-refractivity contribution in [3.8, 4) is 0 Å². The Bertz CT molecular complexity index is 560. The van der Waals surface area contributed by atoms with Crippen molar-refractivity contribution in [1.29, 1.82) is 0 Å². The van der Waals surface area contributed by atoms with Gasteiger partial charge in [0, 0.05) is 11.9 Å². The van der Waals surface area contributed by atoms with Gasteiger partial charge in [-0.15, -0.1) is 11.8 Å². The van der Waals surface area contributed by atoms with E-state index in [4.69, 9.17) is 16.7 Å². The fourth-order valence-corrected chi connectivity index (χ4v) is 2.64. The predicted octanol–water partition coefficient (Wildman–Crippen LogP) is 3.73. The first-order valence-electron chi connectivity index (χ1n) is 5.23. The van der Waals surface area contributed by atoms with Crippen LogP contribution in [0.4, 0.5) is 0 Å². The van der Waals surface area contributed by atoms with Gasteiger partial charge in [0.05, 0.1) is 10.6 Å². The molecule has 1 aromatic heterocycles. The van der Waals surface area contributed by atoms with Gasteiger partial charge in [-0.1, -0.05) is 41.9 Å². The van der Waals surface area contributed by atoms with E-state index in [0.29, 0.717) is 10.8 Å². The lowest BCUT2D eigenvalue weighted by atomic mass is 10.2. The SMILES string of the molecule is O=C(O)c1ccnc(SCc2ccccc2)c1Cl. The monoisotopic (exact) mass is 279 g/mol. The molecule has 1 aromatic carbocycles. The highest BCUT2D eigenvalue weighted by Gasteiger charge is 2.13. The van der Waals surface area contributed by atoms with Crippen LogP contribution in [-0.2, 0) is 5.75 Å². The first-order valence-corrected chi connectivity index (χ1v) is 6.59. The van der Waals surface area contributed by atoms with Crippen LogP contribution in [0.25, 0.3) is 0 Å². The van der Waals surface area contributed by atoms with Crippen LogP contribution in [0.5, 0.6) is 0 Å². The Hall–Kier alpha value is -1.52. The van der Waals surface area contributed by atoms with E-state index >= 15 is 0 Å². The Balaban J connectivity index is 2.15. The second-order valence-electron chi connectivity index (χ2n) is 3.56. The van der Waals surface area contributed by atoms with Crippen LogP contribution >= 0.6 is 23.4 Å². The first kappa shape index (κ1) is 12.9. The second kappa shape index (κ2) is 5.89. The maximum Gasteiger partial charge on any atom is 0.337 e. The summed E-state index contributed by atoms with van der Waals surface area (Å²) in [5.41, 5.74) is 1.23. The zero-order valence-electron chi connectivity index (χ0n) is 9.34. The fourth-order valence-electron chi connectivity index (χ4n) is 1.42. The number of carboxylic acid groups (broad SMARTS) is 1. The molecule has 0 bridgehead atoms. The molecule has 0 aliphatic carbocycles. The standard InChI is InChI=1S/C13H10ClNO2S/c14-11-10(13(16)17)6-7-15-12(11)18-8-9-4-2-1-3-5-9/h1-7H,8H2,(H,16,17). The summed E-state index contributed by atoms with van der Waals surface area (Å²) in [6, 6.07) is 11.3. The molecule has 0 saturated heterocycles. The van der Waals surface area contributed by atoms with Gasteiger partial charge in [0.15, 0.2) is 0 Å². The molecule has 3 nitrogen and oxygen atoms in total. The molecule has 0 saturated carbocycles. The zero-order valence-corrected chi connectivity index (χ0v) is 10.9. The fraction of sp³-hybridized carbons (Fsp3) is 0.0769. The van der Waals surface area contributed by atoms with Gasteiger partial charge in [0.1, 0.15) is 5.03 Å². The first-order chi connectivity index (χ1) is 8.68. The van der Waals surface area contributed by atoms with E-state index in [1.54, 1.807) is 0 Å². The topological polar surface area (TPSA) is 50.2 Å². The molecular weight excluding hydrogens is 270 g/mol. The van der Waals surface area contributed by atoms with Gasteiger partial charge in [-0.3, -0.25) is 0 Å². The number of halogens is 1. The van der Waals surface area contributed by atoms with Crippen molar-refractivity contribution in [3.63, 3.8) is 0 Å². The number of pyridine rings is 1. The summed E-state index contributed by atoms with van der Waals surface area (Å²) >= 11 is 7.43. The number of thioether (sulfide) groups is 1. The number of hydrogen-bond donors (Lipinski definition) is 1. The van der Waals surface area contributed by atoms with Crippen LogP contribution in [0.15, 0.2) is 47.6 Å². The third-order valence-corrected chi connectivity index (χ3v) is 3.86. The van der Waals surface area contributed by atoms with Crippen LogP contribution in [-0.4, -0.2) is 16.1 Å². The van der Waals surface area contributed by atoms with Gasteiger partial charge in [-0.05, 0) is 11.6 Å². The molecule has 2 rings (SSSR count). The molecule has 0 aliphatic heterocycles. The van der Waals surface area contributed by atoms with E-state index < -0.39 is 5.97 Å². The van der Waals surface area contributed by atoms with Crippen molar-refractivity contribution in [2.45, 2.75) is 10.8 Å². The lowest BCUT2D eigenvalue weighted by Crippen LogP contribution is -1.99. The van der Waals surface area contributed by atoms with Crippen molar-refractivity contribution < 1.29 is 9.90 Å². The molecule has 0 unspecified atom stereocenters. The van der Waals surface area contributed by atoms with E-state index in [-0.39, 0.29) is 10.6 Å². The molecular formula is C13H10ClNO2S. The number of aromatic nitrogens is 1. The van der Waals surface area contributed by atoms with E-state index in [1.807, 2.05) is 30.3 Å². The van der Waals surface area contributed by atoms with Crippen LogP contribution in [0.2, 0.25) is 5.02 Å². The lowest BCUT2D eigenvalue weighted by molar-refractivity contribution is 0.0696. The average Bonchev–Trinajstić information content (AvgIpc) is 2.38. The Labute approximate surface area is 114 Å². The summed E-state index contributed by atoms with van der Waals surface area (Å²) in [6.07, 6.45) is 1.46. The van der Waals surface area contributed by atoms with Crippen molar-refractivity contribution in [2.24, 2.45) is 0 Å². The summed E-state index contributed by atoms with van der Waals surface area (Å²) in [5, 5.41) is 9.70. The minimum Gasteiger partial charge on any atom is -0.478 e. The van der Waals surface area contributed by atoms with Gasteiger partial charge in [0.25, 0.3) is 0 Å². The van der Waals surface area contributed by atoms with Crippen LogP contribution in [0, 0.1) is 0 Å². The molecule has 2 aromatic rings. The molecule has 0 atom stereocenters. The molecule has 0 radical (unpaired) electrons. The second-order valence-corrected chi connectivity index (χ2v) is 4.90. The molecule has 0 fully saturated rings. The van der Waals surface area contributed by atoms with Crippen LogP contribution in [0.1, 0.15) is 15.9 Å². The number of hydrogen-bond acceptors (Lipinski definition) is 3. The predicted molar refractivity (Wildman–Crippen MR) is 72.2 cm³/mol. The molecule has 92 valence electrons. The highest BCUT2D eigenvalue weighted by molar-refractivity contribution is 7.98. The van der Waals surface area contributed by atoms with Gasteiger partial charge < -0.3 is 5.11 Å². The third kappa shape index (κ3) is 3.03. The van der Waals surface area contributed by atoms with Gasteiger partial charge in [-0.2, -0.15) is 0 Å². The number of benzene rings is 1. The maximum atomic E-state index is 10.9. The van der Waals surface area contributed by atoms with Crippen LogP contribution in [0.3, 0.4) is 0 Å². The Morgan fingerprint density at radius 3 is 2.67 bits per heavy atom. The summed E-state index contributed by atoms with van der Waals surface area (Å²) in [7, 11) is 0. The number of carbonyl (C=O) groups is 1. The normalized spacial score (nSPS) is 10.3. The summed E-state index contributed by atoms with van der Waals surface area (Å²) in [5.74, 6) is -0.333. The number of carboxylic acids is 1. The molecule has 1 N–H and O–H groups in total. The van der Waals surface area contributed by atoms with Gasteiger partial charge in [-0.25, -0.2) is 9.78 Å². The Kier molecular flexibility index (Phi) is 4.23. The van der Waals surface area contributed by atoms with Gasteiger partial charge in [0.2, 0.25) is 0 Å². The van der Waals surface area contributed by atoms with Crippen LogP contribution < -0.4 is 0 Å². The van der Waals surface area contributed by atoms with Crippen molar-refractivity contribution in [2.75, 3.05) is 0 Å². The molecule has 5 heteroatoms. The highest BCUT2D eigenvalue weighted by atomic mass is 35.5. The minimum absolute atomic E-state index is 0.0854. The maximum absolute atomic E-state index is 10.9. The summed E-state index contributed by atoms with van der Waals surface area (Å²) in [4.78, 5) is 15.0. The molecule has 18 heavy (non-hydrogen) atoms. The van der Waals surface area contributed by atoms with E-state index in [9.17, 15) is 4.79 Å². The number of aromatic carboxylic acids is 1. The molecule has 0 spiro atoms. The number of rotatable bonds is 4. The van der Waals surface area contributed by atoms with Crippen molar-refractivity contribution >= 4 is 29.3 Å². The Morgan fingerprint density at radius 2 is 2.00 bits per heavy atom. The average molecular weight is 280 g/mol. The minimum atomic E-state index is -1.04. The van der Waals surface area contributed by atoms with Crippen molar-refractivity contribution in [3.05, 3.63) is 58.7 Å². The van der Waals surface area contributed by atoms with E-state index in [0.717, 1.165) is 5.56 Å². The number of nitrogens with zero attached hydrogens (tertiary/aromatic N) is 1. The van der Waals surface area contributed by atoms with E-state index in [1.165, 1.54) is 24.0 Å².